The van der Waals surface area contributed by atoms with Gasteiger partial charge in [0, 0.05) is 11.6 Å². The van der Waals surface area contributed by atoms with Crippen LogP contribution < -0.4 is 5.32 Å². The van der Waals surface area contributed by atoms with Gasteiger partial charge in [-0.1, -0.05) is 6.92 Å². The quantitative estimate of drug-likeness (QED) is 0.838. The highest BCUT2D eigenvalue weighted by molar-refractivity contribution is 4.83. The third-order valence-corrected chi connectivity index (χ3v) is 5.07. The number of hydrogen-bond donors (Lipinski definition) is 1. The molecule has 1 N–H and O–H groups in total. The van der Waals surface area contributed by atoms with Crippen LogP contribution in [0.5, 0.6) is 0 Å². The molecule has 2 rings (SSSR count). The van der Waals surface area contributed by atoms with Crippen LogP contribution in [0.4, 0.5) is 0 Å². The fourth-order valence-corrected chi connectivity index (χ4v) is 3.58. The largest absolute Gasteiger partial charge is 0.312 e. The van der Waals surface area contributed by atoms with Gasteiger partial charge in [-0.25, -0.2) is 0 Å². The van der Waals surface area contributed by atoms with Crippen molar-refractivity contribution >= 4 is 0 Å². The van der Waals surface area contributed by atoms with Gasteiger partial charge < -0.3 is 10.2 Å². The molecule has 1 saturated heterocycles. The van der Waals surface area contributed by atoms with Gasteiger partial charge in [0.1, 0.15) is 0 Å². The number of nitrogens with one attached hydrogen (secondary N) is 1. The zero-order chi connectivity index (χ0) is 13.9. The molecule has 1 heterocycles. The second kappa shape index (κ2) is 6.58. The maximum absolute atomic E-state index is 3.67. The first-order chi connectivity index (χ1) is 8.94. The Labute approximate surface area is 120 Å². The molecule has 0 bridgehead atoms. The third kappa shape index (κ3) is 5.07. The molecule has 0 spiro atoms. The van der Waals surface area contributed by atoms with Crippen molar-refractivity contribution in [3.05, 3.63) is 0 Å². The van der Waals surface area contributed by atoms with Crippen molar-refractivity contribution in [1.29, 1.82) is 0 Å². The van der Waals surface area contributed by atoms with Crippen LogP contribution in [0.15, 0.2) is 0 Å². The average Bonchev–Trinajstić information content (AvgIpc) is 2.37. The number of nitrogens with zero attached hydrogens (tertiary/aromatic N) is 1. The molecule has 2 heteroatoms. The van der Waals surface area contributed by atoms with Crippen molar-refractivity contribution in [2.24, 2.45) is 11.8 Å². The summed E-state index contributed by atoms with van der Waals surface area (Å²) in [6.07, 6.45) is 8.61. The van der Waals surface area contributed by atoms with E-state index in [-0.39, 0.29) is 5.54 Å². The van der Waals surface area contributed by atoms with E-state index in [2.05, 4.69) is 37.9 Å². The summed E-state index contributed by atoms with van der Waals surface area (Å²) in [4.78, 5) is 2.79. The second-order valence-electron chi connectivity index (χ2n) is 8.02. The van der Waals surface area contributed by atoms with Crippen LogP contribution in [-0.2, 0) is 0 Å². The summed E-state index contributed by atoms with van der Waals surface area (Å²) in [6.45, 7) is 13.1. The van der Waals surface area contributed by atoms with E-state index in [1.54, 1.807) is 0 Å². The molecule has 0 aromatic rings. The molecule has 2 aliphatic rings. The molecule has 1 aliphatic carbocycles. The summed E-state index contributed by atoms with van der Waals surface area (Å²) < 4.78 is 0. The topological polar surface area (TPSA) is 15.3 Å². The molecule has 1 aliphatic heterocycles. The lowest BCUT2D eigenvalue weighted by Crippen LogP contribution is -2.46. The predicted molar refractivity (Wildman–Crippen MR) is 83.5 cm³/mol. The van der Waals surface area contributed by atoms with Crippen molar-refractivity contribution in [2.75, 3.05) is 19.6 Å². The standard InChI is InChI=1S/C17H34N2/c1-14-5-7-16(8-6-14)19-11-9-15(10-12-19)13-18-17(2,3)4/h14-16,18H,5-13H2,1-4H3. The minimum atomic E-state index is 0.274. The molecule has 1 saturated carbocycles. The van der Waals surface area contributed by atoms with Crippen molar-refractivity contribution < 1.29 is 0 Å². The first kappa shape index (κ1) is 15.3. The smallest absolute Gasteiger partial charge is 0.00966 e. The van der Waals surface area contributed by atoms with Gasteiger partial charge in [0.25, 0.3) is 0 Å². The molecule has 0 amide bonds. The molecule has 0 aromatic carbocycles. The summed E-state index contributed by atoms with van der Waals surface area (Å²) in [5.74, 6) is 1.88. The van der Waals surface area contributed by atoms with E-state index >= 15 is 0 Å². The van der Waals surface area contributed by atoms with Crippen molar-refractivity contribution in [3.63, 3.8) is 0 Å². The second-order valence-corrected chi connectivity index (χ2v) is 8.02. The highest BCUT2D eigenvalue weighted by atomic mass is 15.2. The number of hydrogen-bond acceptors (Lipinski definition) is 2. The Morgan fingerprint density at radius 3 is 2.05 bits per heavy atom. The fraction of sp³-hybridized carbons (Fsp3) is 1.00. The highest BCUT2D eigenvalue weighted by Crippen LogP contribution is 2.29. The molecule has 2 nitrogen and oxygen atoms in total. The molecule has 19 heavy (non-hydrogen) atoms. The zero-order valence-corrected chi connectivity index (χ0v) is 13.5. The van der Waals surface area contributed by atoms with E-state index in [0.717, 1.165) is 17.9 Å². The van der Waals surface area contributed by atoms with Crippen molar-refractivity contribution in [3.8, 4) is 0 Å². The summed E-state index contributed by atoms with van der Waals surface area (Å²) >= 11 is 0. The molecule has 0 aromatic heterocycles. The number of likely N-dealkylation sites (tertiary alicyclic amines) is 1. The molecule has 2 fully saturated rings. The van der Waals surface area contributed by atoms with E-state index in [9.17, 15) is 0 Å². The lowest BCUT2D eigenvalue weighted by Gasteiger charge is -2.41. The summed E-state index contributed by atoms with van der Waals surface area (Å²) in [5, 5.41) is 3.67. The monoisotopic (exact) mass is 266 g/mol. The van der Waals surface area contributed by atoms with Crippen LogP contribution in [0, 0.1) is 11.8 Å². The lowest BCUT2D eigenvalue weighted by molar-refractivity contribution is 0.0947. The van der Waals surface area contributed by atoms with Gasteiger partial charge in [-0.15, -0.1) is 0 Å². The number of piperidine rings is 1. The van der Waals surface area contributed by atoms with Gasteiger partial charge in [-0.3, -0.25) is 0 Å². The SMILES string of the molecule is CC1CCC(N2CCC(CNC(C)(C)C)CC2)CC1. The normalized spacial score (nSPS) is 31.6. The Morgan fingerprint density at radius 2 is 1.53 bits per heavy atom. The first-order valence-electron chi connectivity index (χ1n) is 8.43. The Kier molecular flexibility index (Phi) is 5.30. The van der Waals surface area contributed by atoms with Crippen LogP contribution in [0.1, 0.15) is 66.2 Å². The third-order valence-electron chi connectivity index (χ3n) is 5.07. The Morgan fingerprint density at radius 1 is 0.947 bits per heavy atom. The lowest BCUT2D eigenvalue weighted by atomic mass is 9.85. The van der Waals surface area contributed by atoms with Gasteiger partial charge >= 0.3 is 0 Å². The van der Waals surface area contributed by atoms with Crippen LogP contribution in [0.2, 0.25) is 0 Å². The molecule has 0 unspecified atom stereocenters. The molecule has 0 radical (unpaired) electrons. The van der Waals surface area contributed by atoms with Gasteiger partial charge in [-0.05, 0) is 90.8 Å². The summed E-state index contributed by atoms with van der Waals surface area (Å²) in [7, 11) is 0. The maximum Gasteiger partial charge on any atom is 0.00966 e. The molecular formula is C17H34N2. The molecule has 0 atom stereocenters. The van der Waals surface area contributed by atoms with Crippen LogP contribution in [0.25, 0.3) is 0 Å². The zero-order valence-electron chi connectivity index (χ0n) is 13.5. The Bertz CT molecular complexity index is 253. The average molecular weight is 266 g/mol. The van der Waals surface area contributed by atoms with E-state index in [0.29, 0.717) is 0 Å². The van der Waals surface area contributed by atoms with Crippen LogP contribution >= 0.6 is 0 Å². The van der Waals surface area contributed by atoms with Gasteiger partial charge in [0.05, 0.1) is 0 Å². The van der Waals surface area contributed by atoms with E-state index in [1.165, 1.54) is 58.2 Å². The predicted octanol–water partition coefficient (Wildman–Crippen LogP) is 3.67. The Balaban J connectivity index is 1.67. The fourth-order valence-electron chi connectivity index (χ4n) is 3.58. The van der Waals surface area contributed by atoms with Crippen LogP contribution in [-0.4, -0.2) is 36.1 Å². The first-order valence-corrected chi connectivity index (χ1v) is 8.43. The Hall–Kier alpha value is -0.0800. The highest BCUT2D eigenvalue weighted by Gasteiger charge is 2.28. The summed E-state index contributed by atoms with van der Waals surface area (Å²) in [5.41, 5.74) is 0.274. The van der Waals surface area contributed by atoms with Gasteiger partial charge in [-0.2, -0.15) is 0 Å². The summed E-state index contributed by atoms with van der Waals surface area (Å²) in [6, 6.07) is 0.910. The van der Waals surface area contributed by atoms with Gasteiger partial charge in [0.15, 0.2) is 0 Å². The minimum absolute atomic E-state index is 0.274. The molecular weight excluding hydrogens is 232 g/mol. The van der Waals surface area contributed by atoms with Crippen molar-refractivity contribution in [2.45, 2.75) is 77.8 Å². The van der Waals surface area contributed by atoms with Crippen LogP contribution in [0.3, 0.4) is 0 Å². The minimum Gasteiger partial charge on any atom is -0.312 e. The maximum atomic E-state index is 3.67. The van der Waals surface area contributed by atoms with E-state index in [4.69, 9.17) is 0 Å². The van der Waals surface area contributed by atoms with E-state index in [1.807, 2.05) is 0 Å². The van der Waals surface area contributed by atoms with Crippen molar-refractivity contribution in [1.82, 2.24) is 10.2 Å². The van der Waals surface area contributed by atoms with Gasteiger partial charge in [0.2, 0.25) is 0 Å². The number of rotatable bonds is 3. The van der Waals surface area contributed by atoms with E-state index < -0.39 is 0 Å². The molecule has 112 valence electrons.